The molecule has 0 bridgehead atoms. The van der Waals surface area contributed by atoms with E-state index in [4.69, 9.17) is 11.1 Å². The second-order valence-electron chi connectivity index (χ2n) is 6.20. The topological polar surface area (TPSA) is 49.9 Å². The molecule has 0 aliphatic heterocycles. The van der Waals surface area contributed by atoms with Gasteiger partial charge in [-0.2, -0.15) is 0 Å². The van der Waals surface area contributed by atoms with Gasteiger partial charge in [0, 0.05) is 22.2 Å². The summed E-state index contributed by atoms with van der Waals surface area (Å²) in [5.41, 5.74) is 11.3. The first kappa shape index (κ1) is 14.3. The Morgan fingerprint density at radius 3 is 2.05 bits per heavy atom. The molecule has 22 heavy (non-hydrogen) atoms. The molecule has 0 spiro atoms. The van der Waals surface area contributed by atoms with Crippen LogP contribution >= 0.6 is 0 Å². The van der Waals surface area contributed by atoms with Crippen molar-refractivity contribution in [3.63, 3.8) is 0 Å². The molecule has 2 nitrogen and oxygen atoms in total. The smallest absolute Gasteiger partial charge is 0.0702 e. The van der Waals surface area contributed by atoms with Gasteiger partial charge in [0.05, 0.1) is 5.71 Å². The molecule has 0 fully saturated rings. The van der Waals surface area contributed by atoms with E-state index >= 15 is 0 Å². The molecular formula is C20H20N2. The van der Waals surface area contributed by atoms with E-state index in [-0.39, 0.29) is 5.41 Å². The summed E-state index contributed by atoms with van der Waals surface area (Å²) in [4.78, 5) is 0. The van der Waals surface area contributed by atoms with Crippen LogP contribution in [0.15, 0.2) is 78.0 Å². The molecule has 0 unspecified atom stereocenters. The van der Waals surface area contributed by atoms with E-state index in [1.54, 1.807) is 0 Å². The molecule has 0 radical (unpaired) electrons. The third kappa shape index (κ3) is 2.48. The van der Waals surface area contributed by atoms with Crippen molar-refractivity contribution < 1.29 is 0 Å². The fraction of sp³-hybridized carbons (Fsp3) is 0.150. The van der Waals surface area contributed by atoms with Crippen LogP contribution in [-0.4, -0.2) is 5.71 Å². The van der Waals surface area contributed by atoms with E-state index in [0.29, 0.717) is 5.71 Å². The Morgan fingerprint density at radius 1 is 0.909 bits per heavy atom. The highest BCUT2D eigenvalue weighted by Crippen LogP contribution is 2.34. The second-order valence-corrected chi connectivity index (χ2v) is 6.20. The van der Waals surface area contributed by atoms with Gasteiger partial charge in [-0.3, -0.25) is 5.41 Å². The fourth-order valence-corrected chi connectivity index (χ4v) is 2.65. The van der Waals surface area contributed by atoms with Gasteiger partial charge in [-0.1, -0.05) is 80.6 Å². The normalized spacial score (nSPS) is 16.1. The summed E-state index contributed by atoms with van der Waals surface area (Å²) in [5.74, 6) is 0. The van der Waals surface area contributed by atoms with Crippen LogP contribution in [0.4, 0.5) is 0 Å². The Labute approximate surface area is 131 Å². The summed E-state index contributed by atoms with van der Waals surface area (Å²) in [6, 6.07) is 18.3. The first-order valence-corrected chi connectivity index (χ1v) is 7.43. The second kappa shape index (κ2) is 5.30. The van der Waals surface area contributed by atoms with Crippen molar-refractivity contribution >= 4 is 5.71 Å². The zero-order chi connectivity index (χ0) is 15.7. The quantitative estimate of drug-likeness (QED) is 0.801. The van der Waals surface area contributed by atoms with Gasteiger partial charge < -0.3 is 5.73 Å². The van der Waals surface area contributed by atoms with E-state index in [9.17, 15) is 0 Å². The van der Waals surface area contributed by atoms with Gasteiger partial charge in [-0.05, 0) is 11.1 Å². The summed E-state index contributed by atoms with van der Waals surface area (Å²) in [7, 11) is 0. The van der Waals surface area contributed by atoms with Crippen LogP contribution in [0.25, 0.3) is 11.1 Å². The zero-order valence-corrected chi connectivity index (χ0v) is 12.9. The van der Waals surface area contributed by atoms with Gasteiger partial charge in [0.1, 0.15) is 0 Å². The van der Waals surface area contributed by atoms with Gasteiger partial charge >= 0.3 is 0 Å². The molecular weight excluding hydrogens is 268 g/mol. The van der Waals surface area contributed by atoms with Crippen molar-refractivity contribution in [1.82, 2.24) is 0 Å². The number of allylic oxidation sites excluding steroid dienone is 3. The van der Waals surface area contributed by atoms with Crippen molar-refractivity contribution in [3.05, 3.63) is 83.6 Å². The lowest BCUT2D eigenvalue weighted by atomic mass is 9.90. The molecule has 0 amide bonds. The third-order valence-corrected chi connectivity index (χ3v) is 4.20. The number of nitrogens with one attached hydrogen (secondary N) is 1. The molecule has 0 saturated heterocycles. The maximum Gasteiger partial charge on any atom is 0.0702 e. The first-order chi connectivity index (χ1) is 10.5. The van der Waals surface area contributed by atoms with Crippen LogP contribution in [0, 0.1) is 10.8 Å². The Bertz CT molecular complexity index is 763. The Hall–Kier alpha value is -2.61. The number of rotatable bonds is 3. The lowest BCUT2D eigenvalue weighted by Crippen LogP contribution is -2.19. The van der Waals surface area contributed by atoms with Gasteiger partial charge in [-0.15, -0.1) is 0 Å². The predicted molar refractivity (Wildman–Crippen MR) is 92.8 cm³/mol. The van der Waals surface area contributed by atoms with E-state index < -0.39 is 0 Å². The number of benzene rings is 2. The molecule has 110 valence electrons. The molecule has 2 aromatic rings. The minimum Gasteiger partial charge on any atom is -0.401 e. The Kier molecular flexibility index (Phi) is 3.45. The molecule has 0 atom stereocenters. The van der Waals surface area contributed by atoms with Crippen LogP contribution in [0.2, 0.25) is 0 Å². The van der Waals surface area contributed by atoms with Gasteiger partial charge in [0.2, 0.25) is 0 Å². The predicted octanol–water partition coefficient (Wildman–Crippen LogP) is 4.53. The zero-order valence-electron chi connectivity index (χ0n) is 12.9. The largest absolute Gasteiger partial charge is 0.401 e. The van der Waals surface area contributed by atoms with Gasteiger partial charge in [0.25, 0.3) is 0 Å². The van der Waals surface area contributed by atoms with Crippen molar-refractivity contribution in [2.24, 2.45) is 11.1 Å². The van der Waals surface area contributed by atoms with Crippen molar-refractivity contribution in [1.29, 1.82) is 5.41 Å². The Morgan fingerprint density at radius 2 is 1.50 bits per heavy atom. The molecule has 3 N–H and O–H groups in total. The van der Waals surface area contributed by atoms with Crippen LogP contribution in [0.1, 0.15) is 19.4 Å². The van der Waals surface area contributed by atoms with E-state index in [1.807, 2.05) is 36.4 Å². The van der Waals surface area contributed by atoms with Crippen LogP contribution in [0.3, 0.4) is 0 Å². The molecule has 0 aromatic heterocycles. The summed E-state index contributed by atoms with van der Waals surface area (Å²) in [6.45, 7) is 4.13. The van der Waals surface area contributed by atoms with Crippen molar-refractivity contribution in [2.75, 3.05) is 0 Å². The third-order valence-electron chi connectivity index (χ3n) is 4.20. The van der Waals surface area contributed by atoms with E-state index in [2.05, 4.69) is 44.2 Å². The number of hydrogen-bond donors (Lipinski definition) is 2. The molecule has 1 aliphatic carbocycles. The summed E-state index contributed by atoms with van der Waals surface area (Å²) in [6.07, 6.45) is 4.02. The summed E-state index contributed by atoms with van der Waals surface area (Å²) >= 11 is 0. The minimum atomic E-state index is -0.161. The lowest BCUT2D eigenvalue weighted by Gasteiger charge is -2.18. The molecule has 0 saturated carbocycles. The fourth-order valence-electron chi connectivity index (χ4n) is 2.65. The maximum absolute atomic E-state index is 8.42. The van der Waals surface area contributed by atoms with Crippen LogP contribution < -0.4 is 5.73 Å². The van der Waals surface area contributed by atoms with E-state index in [1.165, 1.54) is 5.56 Å². The van der Waals surface area contributed by atoms with Crippen LogP contribution in [-0.2, 0) is 0 Å². The summed E-state index contributed by atoms with van der Waals surface area (Å²) in [5, 5.41) is 8.42. The van der Waals surface area contributed by atoms with Crippen molar-refractivity contribution in [3.8, 4) is 11.1 Å². The molecule has 2 heteroatoms. The van der Waals surface area contributed by atoms with E-state index in [0.717, 1.165) is 22.4 Å². The average Bonchev–Trinajstić information content (AvgIpc) is 2.82. The SMILES string of the molecule is CC1(C)C=CC(C(=N)c2ccc(-c3ccccc3)cc2)=C1N. The highest BCUT2D eigenvalue weighted by Gasteiger charge is 2.27. The summed E-state index contributed by atoms with van der Waals surface area (Å²) < 4.78 is 0. The minimum absolute atomic E-state index is 0.161. The van der Waals surface area contributed by atoms with Gasteiger partial charge in [0.15, 0.2) is 0 Å². The Balaban J connectivity index is 1.90. The highest BCUT2D eigenvalue weighted by atomic mass is 14.7. The molecule has 1 aliphatic rings. The highest BCUT2D eigenvalue weighted by molar-refractivity contribution is 6.13. The first-order valence-electron chi connectivity index (χ1n) is 7.43. The van der Waals surface area contributed by atoms with Crippen LogP contribution in [0.5, 0.6) is 0 Å². The maximum atomic E-state index is 8.42. The van der Waals surface area contributed by atoms with Crippen molar-refractivity contribution in [2.45, 2.75) is 13.8 Å². The molecule has 2 aromatic carbocycles. The number of hydrogen-bond acceptors (Lipinski definition) is 2. The molecule has 0 heterocycles. The average molecular weight is 288 g/mol. The monoisotopic (exact) mass is 288 g/mol. The number of nitrogens with two attached hydrogens (primary N) is 1. The van der Waals surface area contributed by atoms with Gasteiger partial charge in [-0.25, -0.2) is 0 Å². The standard InChI is InChI=1S/C20H20N2/c1-20(2)13-12-17(19(20)22)18(21)16-10-8-15(9-11-16)14-6-4-3-5-7-14/h3-13,21H,22H2,1-2H3. The molecule has 3 rings (SSSR count). The lowest BCUT2D eigenvalue weighted by molar-refractivity contribution is 0.582.